The molecule has 2 heterocycles. The molecule has 5 nitrogen and oxygen atoms in total. The monoisotopic (exact) mass is 381 g/mol. The molecule has 2 saturated heterocycles. The zero-order chi connectivity index (χ0) is 17.8. The molecule has 0 atom stereocenters. The quantitative estimate of drug-likeness (QED) is 0.862. The van der Waals surface area contributed by atoms with Gasteiger partial charge in [0.15, 0.2) is 0 Å². The number of urea groups is 1. The molecule has 2 fully saturated rings. The number of hydrogen-bond acceptors (Lipinski definition) is 3. The highest BCUT2D eigenvalue weighted by Crippen LogP contribution is 2.26. The van der Waals surface area contributed by atoms with Crippen LogP contribution < -0.4 is 5.32 Å². The van der Waals surface area contributed by atoms with E-state index in [4.69, 9.17) is 11.6 Å². The Morgan fingerprint density at radius 1 is 1.24 bits per heavy atom. The molecule has 7 heteroatoms. The minimum Gasteiger partial charge on any atom is -0.339 e. The first-order valence-corrected chi connectivity index (χ1v) is 10.3. The second kappa shape index (κ2) is 8.32. The molecular weight excluding hydrogens is 358 g/mol. The van der Waals surface area contributed by atoms with Gasteiger partial charge < -0.3 is 15.1 Å². The van der Waals surface area contributed by atoms with Crippen LogP contribution in [-0.4, -0.2) is 59.4 Å². The summed E-state index contributed by atoms with van der Waals surface area (Å²) in [5.41, 5.74) is 1.06. The molecule has 136 valence electrons. The number of rotatable bonds is 3. The molecule has 0 radical (unpaired) electrons. The molecule has 0 saturated carbocycles. The SMILES string of the molecule is CN(C(=O)Nc1cc(C(=O)N2CCCC2)ccc1Cl)C1CCSCC1. The number of benzene rings is 1. The van der Waals surface area contributed by atoms with E-state index in [1.807, 2.05) is 23.7 Å². The van der Waals surface area contributed by atoms with E-state index in [1.54, 1.807) is 23.1 Å². The summed E-state index contributed by atoms with van der Waals surface area (Å²) >= 11 is 8.16. The summed E-state index contributed by atoms with van der Waals surface area (Å²) in [5, 5.41) is 3.31. The van der Waals surface area contributed by atoms with Gasteiger partial charge in [0.05, 0.1) is 10.7 Å². The zero-order valence-corrected chi connectivity index (χ0v) is 16.0. The Bertz CT molecular complexity index is 643. The second-order valence-electron chi connectivity index (χ2n) is 6.58. The van der Waals surface area contributed by atoms with Crippen LogP contribution in [0.15, 0.2) is 18.2 Å². The van der Waals surface area contributed by atoms with Crippen molar-refractivity contribution in [1.29, 1.82) is 0 Å². The Morgan fingerprint density at radius 2 is 1.92 bits per heavy atom. The number of nitrogens with zero attached hydrogens (tertiary/aromatic N) is 2. The van der Waals surface area contributed by atoms with Gasteiger partial charge in [0.25, 0.3) is 5.91 Å². The minimum atomic E-state index is -0.176. The van der Waals surface area contributed by atoms with Crippen molar-refractivity contribution in [3.8, 4) is 0 Å². The van der Waals surface area contributed by atoms with Gasteiger partial charge in [-0.05, 0) is 55.4 Å². The predicted octanol–water partition coefficient (Wildman–Crippen LogP) is 3.94. The van der Waals surface area contributed by atoms with Crippen LogP contribution in [0.1, 0.15) is 36.0 Å². The number of likely N-dealkylation sites (tertiary alicyclic amines) is 1. The van der Waals surface area contributed by atoms with Gasteiger partial charge in [0, 0.05) is 31.7 Å². The molecule has 1 N–H and O–H groups in total. The maximum absolute atomic E-state index is 12.6. The van der Waals surface area contributed by atoms with Crippen LogP contribution in [0.4, 0.5) is 10.5 Å². The molecule has 0 aliphatic carbocycles. The van der Waals surface area contributed by atoms with Crippen molar-refractivity contribution in [2.24, 2.45) is 0 Å². The van der Waals surface area contributed by atoms with E-state index >= 15 is 0 Å². The molecule has 0 aromatic heterocycles. The standard InChI is InChI=1S/C18H24ClN3O2S/c1-21(14-6-10-25-11-7-14)18(24)20-16-12-13(4-5-15(16)19)17(23)22-8-2-3-9-22/h4-5,12,14H,2-3,6-11H2,1H3,(H,20,24). The molecule has 2 aliphatic rings. The van der Waals surface area contributed by atoms with Crippen molar-refractivity contribution in [3.05, 3.63) is 28.8 Å². The first-order chi connectivity index (χ1) is 12.1. The lowest BCUT2D eigenvalue weighted by Crippen LogP contribution is -2.41. The molecule has 3 rings (SSSR count). The summed E-state index contributed by atoms with van der Waals surface area (Å²) in [6.07, 6.45) is 4.12. The van der Waals surface area contributed by atoms with Crippen molar-refractivity contribution in [2.45, 2.75) is 31.7 Å². The number of halogens is 1. The lowest BCUT2D eigenvalue weighted by molar-refractivity contribution is 0.0793. The summed E-state index contributed by atoms with van der Waals surface area (Å²) in [4.78, 5) is 28.7. The van der Waals surface area contributed by atoms with Crippen molar-refractivity contribution < 1.29 is 9.59 Å². The van der Waals surface area contributed by atoms with Gasteiger partial charge in [0.1, 0.15) is 0 Å². The number of anilines is 1. The second-order valence-corrected chi connectivity index (χ2v) is 8.21. The Morgan fingerprint density at radius 3 is 2.60 bits per heavy atom. The third-order valence-corrected chi connectivity index (χ3v) is 6.29. The summed E-state index contributed by atoms with van der Waals surface area (Å²) < 4.78 is 0. The van der Waals surface area contributed by atoms with Gasteiger partial charge in [-0.3, -0.25) is 4.79 Å². The average molecular weight is 382 g/mol. The van der Waals surface area contributed by atoms with Crippen molar-refractivity contribution >= 4 is 41.0 Å². The topological polar surface area (TPSA) is 52.7 Å². The summed E-state index contributed by atoms with van der Waals surface area (Å²) in [6.45, 7) is 1.59. The third-order valence-electron chi connectivity index (χ3n) is 4.91. The van der Waals surface area contributed by atoms with Crippen LogP contribution in [0.5, 0.6) is 0 Å². The van der Waals surface area contributed by atoms with Gasteiger partial charge >= 0.3 is 6.03 Å². The van der Waals surface area contributed by atoms with Crippen LogP contribution in [0.2, 0.25) is 5.02 Å². The summed E-state index contributed by atoms with van der Waals surface area (Å²) in [5.74, 6) is 2.17. The van der Waals surface area contributed by atoms with Crippen LogP contribution in [0, 0.1) is 0 Å². The Labute approximate surface area is 158 Å². The average Bonchev–Trinajstić information content (AvgIpc) is 3.17. The van der Waals surface area contributed by atoms with E-state index < -0.39 is 0 Å². The maximum Gasteiger partial charge on any atom is 0.321 e. The zero-order valence-electron chi connectivity index (χ0n) is 14.5. The molecule has 0 unspecified atom stereocenters. The minimum absolute atomic E-state index is 0.00215. The lowest BCUT2D eigenvalue weighted by Gasteiger charge is -2.31. The summed E-state index contributed by atoms with van der Waals surface area (Å²) in [7, 11) is 1.82. The van der Waals surface area contributed by atoms with Gasteiger partial charge in [0.2, 0.25) is 0 Å². The Hall–Kier alpha value is -1.40. The van der Waals surface area contributed by atoms with Crippen LogP contribution in [0.25, 0.3) is 0 Å². The highest BCUT2D eigenvalue weighted by Gasteiger charge is 2.24. The molecule has 1 aromatic rings. The number of carbonyl (C=O) groups excluding carboxylic acids is 2. The highest BCUT2D eigenvalue weighted by atomic mass is 35.5. The van der Waals surface area contributed by atoms with E-state index in [-0.39, 0.29) is 18.0 Å². The van der Waals surface area contributed by atoms with Gasteiger partial charge in [-0.25, -0.2) is 4.79 Å². The van der Waals surface area contributed by atoms with Gasteiger partial charge in [-0.1, -0.05) is 11.6 Å². The van der Waals surface area contributed by atoms with Gasteiger partial charge in [-0.2, -0.15) is 11.8 Å². The molecule has 1 aromatic carbocycles. The number of amides is 3. The fraction of sp³-hybridized carbons (Fsp3) is 0.556. The largest absolute Gasteiger partial charge is 0.339 e. The van der Waals surface area contributed by atoms with Crippen molar-refractivity contribution in [1.82, 2.24) is 9.80 Å². The van der Waals surface area contributed by atoms with Crippen LogP contribution in [-0.2, 0) is 0 Å². The van der Waals surface area contributed by atoms with Crippen molar-refractivity contribution in [3.63, 3.8) is 0 Å². The first-order valence-electron chi connectivity index (χ1n) is 8.76. The normalized spacial score (nSPS) is 18.2. The number of nitrogens with one attached hydrogen (secondary N) is 1. The first kappa shape index (κ1) is 18.4. The lowest BCUT2D eigenvalue weighted by atomic mass is 10.1. The molecule has 3 amide bonds. The molecule has 25 heavy (non-hydrogen) atoms. The number of thioether (sulfide) groups is 1. The number of carbonyl (C=O) groups is 2. The fourth-order valence-electron chi connectivity index (χ4n) is 3.30. The Kier molecular flexibility index (Phi) is 6.12. The molecule has 2 aliphatic heterocycles. The predicted molar refractivity (Wildman–Crippen MR) is 104 cm³/mol. The maximum atomic E-state index is 12.6. The van der Waals surface area contributed by atoms with Crippen LogP contribution >= 0.6 is 23.4 Å². The van der Waals surface area contributed by atoms with Crippen molar-refractivity contribution in [2.75, 3.05) is 37.0 Å². The van der Waals surface area contributed by atoms with E-state index in [0.29, 0.717) is 16.3 Å². The van der Waals surface area contributed by atoms with E-state index in [2.05, 4.69) is 5.32 Å². The van der Waals surface area contributed by atoms with Gasteiger partial charge in [-0.15, -0.1) is 0 Å². The highest BCUT2D eigenvalue weighted by molar-refractivity contribution is 7.99. The van der Waals surface area contributed by atoms with E-state index in [1.165, 1.54) is 0 Å². The van der Waals surface area contributed by atoms with Crippen LogP contribution in [0.3, 0.4) is 0 Å². The summed E-state index contributed by atoms with van der Waals surface area (Å²) in [6, 6.07) is 5.17. The smallest absolute Gasteiger partial charge is 0.321 e. The molecular formula is C18H24ClN3O2S. The number of hydrogen-bond donors (Lipinski definition) is 1. The van der Waals surface area contributed by atoms with E-state index in [9.17, 15) is 9.59 Å². The molecule has 0 bridgehead atoms. The van der Waals surface area contributed by atoms with E-state index in [0.717, 1.165) is 50.3 Å². The Balaban J connectivity index is 1.69. The molecule has 0 spiro atoms. The third kappa shape index (κ3) is 4.42. The fourth-order valence-corrected chi connectivity index (χ4v) is 4.54.